The zero-order valence-electron chi connectivity index (χ0n) is 13.3. The van der Waals surface area contributed by atoms with Crippen LogP contribution in [0.25, 0.3) is 0 Å². The van der Waals surface area contributed by atoms with Gasteiger partial charge in [-0.3, -0.25) is 0 Å². The number of fused-ring (bicyclic) bond motifs is 1. The number of hydrogen-bond donors (Lipinski definition) is 0. The van der Waals surface area contributed by atoms with E-state index in [4.69, 9.17) is 23.1 Å². The van der Waals surface area contributed by atoms with Crippen LogP contribution in [0.2, 0.25) is 6.04 Å². The first-order chi connectivity index (χ1) is 10.2. The maximum atomic E-state index is 5.90. The monoisotopic (exact) mass is 320 g/mol. The largest absolute Gasteiger partial charge is 0.500 e. The SMILES string of the molecule is CCO[Si](CCC1CCC2OOOC2C1)(OCC)OCC. The van der Waals surface area contributed by atoms with Gasteiger partial charge in [0.2, 0.25) is 0 Å². The lowest BCUT2D eigenvalue weighted by Crippen LogP contribution is -2.46. The highest BCUT2D eigenvalue weighted by molar-refractivity contribution is 6.60. The Morgan fingerprint density at radius 1 is 0.905 bits per heavy atom. The Hall–Kier alpha value is -0.0231. The van der Waals surface area contributed by atoms with Gasteiger partial charge in [-0.1, -0.05) is 5.04 Å². The van der Waals surface area contributed by atoms with Gasteiger partial charge in [0.25, 0.3) is 0 Å². The second kappa shape index (κ2) is 8.57. The van der Waals surface area contributed by atoms with Gasteiger partial charge in [0, 0.05) is 25.9 Å². The molecule has 1 saturated carbocycles. The Labute approximate surface area is 128 Å². The Bertz CT molecular complexity index is 286. The molecule has 6 nitrogen and oxygen atoms in total. The molecule has 0 aromatic rings. The third kappa shape index (κ3) is 4.72. The molecule has 0 amide bonds. The number of rotatable bonds is 9. The van der Waals surface area contributed by atoms with E-state index in [2.05, 4.69) is 5.04 Å². The molecule has 0 radical (unpaired) electrons. The molecule has 2 fully saturated rings. The van der Waals surface area contributed by atoms with Crippen molar-refractivity contribution in [3.8, 4) is 0 Å². The van der Waals surface area contributed by atoms with Crippen LogP contribution >= 0.6 is 0 Å². The summed E-state index contributed by atoms with van der Waals surface area (Å²) in [5.41, 5.74) is 0. The lowest BCUT2D eigenvalue weighted by atomic mass is 9.84. The van der Waals surface area contributed by atoms with Crippen molar-refractivity contribution in [2.75, 3.05) is 19.8 Å². The fraction of sp³-hybridized carbons (Fsp3) is 1.00. The topological polar surface area (TPSA) is 55.4 Å². The van der Waals surface area contributed by atoms with Crippen LogP contribution in [0.4, 0.5) is 0 Å². The highest BCUT2D eigenvalue weighted by atomic mass is 28.4. The normalized spacial score (nSPS) is 29.6. The summed E-state index contributed by atoms with van der Waals surface area (Å²) < 4.78 is 17.7. The predicted octanol–water partition coefficient (Wildman–Crippen LogP) is 2.86. The zero-order chi connectivity index (χ0) is 15.1. The molecule has 21 heavy (non-hydrogen) atoms. The van der Waals surface area contributed by atoms with E-state index >= 15 is 0 Å². The van der Waals surface area contributed by atoms with E-state index in [9.17, 15) is 0 Å². The van der Waals surface area contributed by atoms with Crippen molar-refractivity contribution in [1.29, 1.82) is 0 Å². The third-order valence-corrected chi connectivity index (χ3v) is 7.20. The van der Waals surface area contributed by atoms with Crippen LogP contribution in [0.1, 0.15) is 46.5 Å². The molecule has 1 aliphatic carbocycles. The van der Waals surface area contributed by atoms with E-state index in [0.29, 0.717) is 25.7 Å². The van der Waals surface area contributed by atoms with Crippen LogP contribution < -0.4 is 0 Å². The first-order valence-corrected chi connectivity index (χ1v) is 10.1. The van der Waals surface area contributed by atoms with E-state index in [0.717, 1.165) is 31.7 Å². The summed E-state index contributed by atoms with van der Waals surface area (Å²) >= 11 is 0. The van der Waals surface area contributed by atoms with Gasteiger partial charge in [-0.05, 0) is 52.4 Å². The van der Waals surface area contributed by atoms with Crippen LogP contribution in [0.5, 0.6) is 0 Å². The molecule has 1 heterocycles. The van der Waals surface area contributed by atoms with Gasteiger partial charge < -0.3 is 13.3 Å². The van der Waals surface area contributed by atoms with Crippen LogP contribution in [0.15, 0.2) is 0 Å². The average molecular weight is 320 g/mol. The smallest absolute Gasteiger partial charge is 0.374 e. The van der Waals surface area contributed by atoms with E-state index in [-0.39, 0.29) is 12.2 Å². The van der Waals surface area contributed by atoms with Gasteiger partial charge in [0.1, 0.15) is 12.2 Å². The van der Waals surface area contributed by atoms with Crippen LogP contribution in [0, 0.1) is 5.92 Å². The lowest BCUT2D eigenvalue weighted by molar-refractivity contribution is -0.465. The van der Waals surface area contributed by atoms with Crippen molar-refractivity contribution in [1.82, 2.24) is 0 Å². The Kier molecular flexibility index (Phi) is 7.07. The molecule has 0 aromatic heterocycles. The summed E-state index contributed by atoms with van der Waals surface area (Å²) in [5.74, 6) is 0.588. The van der Waals surface area contributed by atoms with E-state index in [1.165, 1.54) is 0 Å². The van der Waals surface area contributed by atoms with Crippen LogP contribution in [0.3, 0.4) is 0 Å². The van der Waals surface area contributed by atoms with Crippen molar-refractivity contribution in [3.63, 3.8) is 0 Å². The van der Waals surface area contributed by atoms with E-state index in [1.54, 1.807) is 0 Å². The van der Waals surface area contributed by atoms with Gasteiger partial charge in [0.05, 0.1) is 0 Å². The minimum atomic E-state index is -2.52. The fourth-order valence-electron chi connectivity index (χ4n) is 3.16. The second-order valence-electron chi connectivity index (χ2n) is 5.54. The summed E-state index contributed by atoms with van der Waals surface area (Å²) in [6.45, 7) is 7.87. The van der Waals surface area contributed by atoms with Crippen molar-refractivity contribution in [2.24, 2.45) is 5.92 Å². The lowest BCUT2D eigenvalue weighted by Gasteiger charge is -2.32. The van der Waals surface area contributed by atoms with Gasteiger partial charge >= 0.3 is 8.80 Å². The molecule has 7 heteroatoms. The minimum absolute atomic E-state index is 0.0751. The van der Waals surface area contributed by atoms with Gasteiger partial charge in [0.15, 0.2) is 0 Å². The molecular weight excluding hydrogens is 292 g/mol. The average Bonchev–Trinajstić information content (AvgIpc) is 2.93. The molecule has 124 valence electrons. The molecule has 0 bridgehead atoms. The van der Waals surface area contributed by atoms with Gasteiger partial charge in [-0.15, -0.1) is 0 Å². The highest BCUT2D eigenvalue weighted by Gasteiger charge is 2.43. The quantitative estimate of drug-likeness (QED) is 0.481. The van der Waals surface area contributed by atoms with Crippen molar-refractivity contribution in [2.45, 2.75) is 64.7 Å². The van der Waals surface area contributed by atoms with Gasteiger partial charge in [-0.25, -0.2) is 0 Å². The Morgan fingerprint density at radius 3 is 2.14 bits per heavy atom. The van der Waals surface area contributed by atoms with Crippen molar-refractivity contribution in [3.05, 3.63) is 0 Å². The summed E-state index contributed by atoms with van der Waals surface area (Å²) in [5, 5.41) is 4.64. The number of hydrogen-bond acceptors (Lipinski definition) is 6. The van der Waals surface area contributed by atoms with Crippen LogP contribution in [-0.2, 0) is 28.1 Å². The maximum absolute atomic E-state index is 5.90. The highest BCUT2D eigenvalue weighted by Crippen LogP contribution is 2.36. The maximum Gasteiger partial charge on any atom is 0.500 e. The predicted molar refractivity (Wildman–Crippen MR) is 78.2 cm³/mol. The van der Waals surface area contributed by atoms with E-state index in [1.807, 2.05) is 20.8 Å². The molecular formula is C14H28O6Si. The Morgan fingerprint density at radius 2 is 1.52 bits per heavy atom. The van der Waals surface area contributed by atoms with Crippen LogP contribution in [-0.4, -0.2) is 40.8 Å². The third-order valence-electron chi connectivity index (χ3n) is 4.12. The summed E-state index contributed by atoms with van der Waals surface area (Å²) in [4.78, 5) is 10.2. The standard InChI is InChI=1S/C14H28O6Si/c1-4-15-21(16-5-2,17-6-3)10-9-12-7-8-13-14(11-12)19-20-18-13/h12-14H,4-11H2,1-3H3. The Balaban J connectivity index is 1.85. The molecule has 0 spiro atoms. The van der Waals surface area contributed by atoms with Gasteiger partial charge in [-0.2, -0.15) is 9.78 Å². The summed E-state index contributed by atoms with van der Waals surface area (Å²) in [6, 6.07) is 0.867. The fourth-order valence-corrected chi connectivity index (χ4v) is 5.93. The van der Waals surface area contributed by atoms with E-state index < -0.39 is 8.80 Å². The molecule has 2 aliphatic rings. The molecule has 1 saturated heterocycles. The molecule has 0 N–H and O–H groups in total. The first kappa shape index (κ1) is 17.3. The molecule has 3 atom stereocenters. The summed E-state index contributed by atoms with van der Waals surface area (Å²) in [7, 11) is -2.52. The summed E-state index contributed by atoms with van der Waals surface area (Å²) in [6.07, 6.45) is 4.31. The minimum Gasteiger partial charge on any atom is -0.374 e. The molecule has 3 unspecified atom stereocenters. The van der Waals surface area contributed by atoms with Crippen molar-refractivity contribution < 1.29 is 28.1 Å². The van der Waals surface area contributed by atoms with Crippen molar-refractivity contribution >= 4 is 8.80 Å². The second-order valence-corrected chi connectivity index (χ2v) is 8.27. The molecule has 1 aliphatic heterocycles. The zero-order valence-corrected chi connectivity index (χ0v) is 14.3. The molecule has 0 aromatic carbocycles. The first-order valence-electron chi connectivity index (χ1n) is 8.13. The molecule has 2 rings (SSSR count).